The average molecular weight is 578 g/mol. The Balaban J connectivity index is 0.000000301. The van der Waals surface area contributed by atoms with Crippen molar-refractivity contribution in [2.45, 2.75) is 85.2 Å². The molecule has 0 radical (unpaired) electrons. The minimum Gasteiger partial charge on any atom is -0.304 e. The van der Waals surface area contributed by atoms with Gasteiger partial charge in [0, 0.05) is 24.3 Å². The summed E-state index contributed by atoms with van der Waals surface area (Å²) in [5, 5.41) is 0. The summed E-state index contributed by atoms with van der Waals surface area (Å²) in [6.45, 7) is 14.1. The molecule has 1 heterocycles. The van der Waals surface area contributed by atoms with E-state index in [2.05, 4.69) is 93.0 Å². The number of halogens is 3. The molecule has 42 heavy (non-hydrogen) atoms. The molecule has 226 valence electrons. The molecule has 0 unspecified atom stereocenters. The van der Waals surface area contributed by atoms with Crippen LogP contribution >= 0.6 is 0 Å². The van der Waals surface area contributed by atoms with Crippen molar-refractivity contribution < 1.29 is 18.0 Å². The first kappa shape index (κ1) is 36.3. The number of allylic oxidation sites excluding steroid dienone is 3. The van der Waals surface area contributed by atoms with Gasteiger partial charge in [-0.2, -0.15) is 13.2 Å². The minimum absolute atomic E-state index is 0.324. The number of aldehydes is 1. The maximum absolute atomic E-state index is 11.9. The molecule has 3 aromatic carbocycles. The highest BCUT2D eigenvalue weighted by Gasteiger charge is 2.27. The van der Waals surface area contributed by atoms with Gasteiger partial charge in [0.05, 0.1) is 6.42 Å². The normalized spacial score (nSPS) is 12.4. The van der Waals surface area contributed by atoms with Crippen molar-refractivity contribution >= 4 is 12.5 Å². The van der Waals surface area contributed by atoms with Crippen LogP contribution in [0.4, 0.5) is 13.2 Å². The Morgan fingerprint density at radius 1 is 0.833 bits per heavy atom. The second-order valence-corrected chi connectivity index (χ2v) is 9.89. The zero-order valence-corrected chi connectivity index (χ0v) is 25.8. The van der Waals surface area contributed by atoms with Gasteiger partial charge >= 0.3 is 6.18 Å². The zero-order valence-electron chi connectivity index (χ0n) is 25.8. The molecular weight excluding hydrogens is 531 g/mol. The summed E-state index contributed by atoms with van der Waals surface area (Å²) in [5.74, 6) is 0.484. The van der Waals surface area contributed by atoms with E-state index in [0.717, 1.165) is 37.5 Å². The molecule has 0 spiro atoms. The first-order chi connectivity index (χ1) is 20.1. The number of aliphatic imine (C=N–C) groups is 1. The van der Waals surface area contributed by atoms with E-state index >= 15 is 0 Å². The zero-order chi connectivity index (χ0) is 31.4. The van der Waals surface area contributed by atoms with Gasteiger partial charge in [-0.25, -0.2) is 0 Å². The van der Waals surface area contributed by atoms with E-state index in [1.165, 1.54) is 53.4 Å². The van der Waals surface area contributed by atoms with Crippen LogP contribution in [0, 0.1) is 0 Å². The third-order valence-corrected chi connectivity index (χ3v) is 6.63. The van der Waals surface area contributed by atoms with Gasteiger partial charge in [0.2, 0.25) is 0 Å². The third-order valence-electron chi connectivity index (χ3n) is 6.63. The summed E-state index contributed by atoms with van der Waals surface area (Å²) in [4.78, 5) is 13.2. The van der Waals surface area contributed by atoms with Gasteiger partial charge in [0.25, 0.3) is 0 Å². The Labute approximate surface area is 251 Å². The Morgan fingerprint density at radius 3 is 1.71 bits per heavy atom. The molecule has 2 nitrogen and oxygen atoms in total. The van der Waals surface area contributed by atoms with Crippen LogP contribution in [0.5, 0.6) is 0 Å². The van der Waals surface area contributed by atoms with Gasteiger partial charge in [0.1, 0.15) is 6.29 Å². The van der Waals surface area contributed by atoms with Crippen molar-refractivity contribution in [2.24, 2.45) is 4.99 Å². The lowest BCUT2D eigenvalue weighted by molar-refractivity contribution is -0.127. The number of hydrogen-bond acceptors (Lipinski definition) is 2. The van der Waals surface area contributed by atoms with Crippen LogP contribution in [0.1, 0.15) is 88.5 Å². The van der Waals surface area contributed by atoms with E-state index in [0.29, 0.717) is 11.5 Å². The van der Waals surface area contributed by atoms with Crippen molar-refractivity contribution in [3.63, 3.8) is 0 Å². The topological polar surface area (TPSA) is 29.4 Å². The Kier molecular flexibility index (Phi) is 17.5. The first-order valence-electron chi connectivity index (χ1n) is 14.7. The fourth-order valence-electron chi connectivity index (χ4n) is 4.35. The first-order valence-corrected chi connectivity index (χ1v) is 14.7. The summed E-state index contributed by atoms with van der Waals surface area (Å²) in [6.07, 6.45) is 2.94. The molecule has 5 heteroatoms. The number of hydrogen-bond donors (Lipinski definition) is 0. The molecule has 0 N–H and O–H groups in total. The van der Waals surface area contributed by atoms with Crippen molar-refractivity contribution in [3.05, 3.63) is 131 Å². The lowest BCUT2D eigenvalue weighted by atomic mass is 9.93. The molecule has 4 rings (SSSR count). The number of rotatable bonds is 7. The van der Waals surface area contributed by atoms with E-state index in [9.17, 15) is 13.2 Å². The summed E-state index contributed by atoms with van der Waals surface area (Å²) in [7, 11) is 0. The van der Waals surface area contributed by atoms with Crippen molar-refractivity contribution in [1.29, 1.82) is 0 Å². The Morgan fingerprint density at radius 2 is 1.31 bits per heavy atom. The largest absolute Gasteiger partial charge is 0.393 e. The van der Waals surface area contributed by atoms with E-state index in [1.807, 2.05) is 13.1 Å². The predicted molar refractivity (Wildman–Crippen MR) is 172 cm³/mol. The van der Waals surface area contributed by atoms with Gasteiger partial charge in [-0.15, -0.1) is 0 Å². The fourth-order valence-corrected chi connectivity index (χ4v) is 4.35. The summed E-state index contributed by atoms with van der Waals surface area (Å²) in [5.41, 5.74) is 8.05. The molecule has 0 saturated carbocycles. The average Bonchev–Trinajstić information content (AvgIpc) is 2.99. The van der Waals surface area contributed by atoms with Crippen LogP contribution < -0.4 is 0 Å². The summed E-state index contributed by atoms with van der Waals surface area (Å²) in [6, 6.07) is 27.7. The van der Waals surface area contributed by atoms with Gasteiger partial charge < -0.3 is 4.79 Å². The highest BCUT2D eigenvalue weighted by atomic mass is 19.4. The van der Waals surface area contributed by atoms with Crippen molar-refractivity contribution in [3.8, 4) is 0 Å². The van der Waals surface area contributed by atoms with Gasteiger partial charge in [-0.1, -0.05) is 126 Å². The van der Waals surface area contributed by atoms with Crippen LogP contribution in [-0.2, 0) is 17.6 Å². The number of nitrogens with zero attached hydrogens (tertiary/aromatic N) is 1. The minimum atomic E-state index is -4.10. The lowest BCUT2D eigenvalue weighted by Gasteiger charge is -2.15. The molecule has 1 aliphatic heterocycles. The number of aryl methyl sites for hydroxylation is 1. The van der Waals surface area contributed by atoms with Crippen LogP contribution in [0.15, 0.2) is 113 Å². The highest BCUT2D eigenvalue weighted by Crippen LogP contribution is 2.27. The second-order valence-electron chi connectivity index (χ2n) is 9.89. The summed E-state index contributed by atoms with van der Waals surface area (Å²) < 4.78 is 35.8. The quantitative estimate of drug-likeness (QED) is 0.257. The maximum atomic E-state index is 11.9. The number of alkyl halides is 3. The molecule has 0 saturated heterocycles. The Hall–Kier alpha value is -3.73. The van der Waals surface area contributed by atoms with Gasteiger partial charge in [-0.05, 0) is 59.6 Å². The lowest BCUT2D eigenvalue weighted by Crippen LogP contribution is -2.11. The third kappa shape index (κ3) is 14.2. The van der Waals surface area contributed by atoms with E-state index in [-0.39, 0.29) is 0 Å². The number of carbonyl (C=O) groups is 1. The smallest absolute Gasteiger partial charge is 0.304 e. The summed E-state index contributed by atoms with van der Waals surface area (Å²) >= 11 is 0. The van der Waals surface area contributed by atoms with Crippen LogP contribution in [-0.4, -0.2) is 18.7 Å². The monoisotopic (exact) mass is 577 g/mol. The van der Waals surface area contributed by atoms with Crippen LogP contribution in [0.25, 0.3) is 0 Å². The second kappa shape index (κ2) is 20.2. The van der Waals surface area contributed by atoms with E-state index < -0.39 is 12.6 Å². The molecular formula is C37H46F3NO. The van der Waals surface area contributed by atoms with E-state index in [4.69, 9.17) is 4.79 Å². The molecule has 0 fully saturated rings. The van der Waals surface area contributed by atoms with Gasteiger partial charge in [0.15, 0.2) is 0 Å². The molecule has 0 bridgehead atoms. The number of benzene rings is 3. The SMILES string of the molecule is C=C1CC=NC(CC)=C1CCC.CC(c1ccccc1)c1ccccc1.CC=O.CCc1ccc(CC(F)(F)F)cc1. The fraction of sp³-hybridized carbons (Fsp3) is 0.351. The van der Waals surface area contributed by atoms with Crippen LogP contribution in [0.3, 0.4) is 0 Å². The van der Waals surface area contributed by atoms with Gasteiger partial charge in [-0.3, -0.25) is 4.99 Å². The van der Waals surface area contributed by atoms with Crippen LogP contribution in [0.2, 0.25) is 0 Å². The molecule has 0 atom stereocenters. The maximum Gasteiger partial charge on any atom is 0.393 e. The highest BCUT2D eigenvalue weighted by molar-refractivity contribution is 5.68. The molecule has 3 aromatic rings. The molecule has 0 aliphatic carbocycles. The molecule has 0 aromatic heterocycles. The van der Waals surface area contributed by atoms with E-state index in [1.54, 1.807) is 12.1 Å². The Bertz CT molecular complexity index is 1190. The predicted octanol–water partition coefficient (Wildman–Crippen LogP) is 10.9. The molecule has 1 aliphatic rings. The van der Waals surface area contributed by atoms with Crippen molar-refractivity contribution in [1.82, 2.24) is 0 Å². The van der Waals surface area contributed by atoms with Crippen molar-refractivity contribution in [2.75, 3.05) is 0 Å². The standard InChI is InChI=1S/C14H14.C11H17N.C10H11F3.C2H4O/c1-12(13-8-4-2-5-9-13)14-10-6-3-7-11-14;1-4-6-10-9(3)7-8-12-11(10)5-2;1-2-8-3-5-9(6-4-8)7-10(11,12)13;1-2-3/h2-12H,1H3;8H,3-7H2,1-2H3;3-6H,2,7H2,1H3;2H,1H3. The number of carbonyl (C=O) groups excluding carboxylic acids is 1. The molecule has 0 amide bonds.